The Labute approximate surface area is 262 Å². The van der Waals surface area contributed by atoms with Crippen LogP contribution < -0.4 is 19.1 Å². The Kier molecular flexibility index (Phi) is 11.8. The molecule has 0 saturated carbocycles. The fourth-order valence-electron chi connectivity index (χ4n) is 5.04. The molecule has 0 aliphatic carbocycles. The molecule has 238 valence electrons. The molecule has 3 rings (SSSR count). The van der Waals surface area contributed by atoms with Crippen molar-refractivity contribution in [1.29, 1.82) is 0 Å². The molecule has 1 N–H and O–H groups in total. The molecule has 44 heavy (non-hydrogen) atoms. The minimum absolute atomic E-state index is 0.0609. The van der Waals surface area contributed by atoms with Gasteiger partial charge in [0.1, 0.15) is 12.6 Å². The van der Waals surface area contributed by atoms with E-state index in [0.717, 1.165) is 26.6 Å². The first kappa shape index (κ1) is 34.4. The van der Waals surface area contributed by atoms with E-state index in [0.29, 0.717) is 24.4 Å². The van der Waals surface area contributed by atoms with Crippen molar-refractivity contribution in [3.63, 3.8) is 0 Å². The lowest BCUT2D eigenvalue weighted by Crippen LogP contribution is -2.52. The van der Waals surface area contributed by atoms with Crippen LogP contribution in [0.3, 0.4) is 0 Å². The second kappa shape index (κ2) is 15.1. The third-order valence-electron chi connectivity index (χ3n) is 7.39. The van der Waals surface area contributed by atoms with Crippen molar-refractivity contribution in [2.45, 2.75) is 65.4 Å². The summed E-state index contributed by atoms with van der Waals surface area (Å²) in [5, 5.41) is 2.96. The van der Waals surface area contributed by atoms with Gasteiger partial charge < -0.3 is 19.7 Å². The van der Waals surface area contributed by atoms with Crippen molar-refractivity contribution in [3.8, 4) is 11.5 Å². The molecular weight excluding hydrogens is 578 g/mol. The van der Waals surface area contributed by atoms with Gasteiger partial charge in [-0.1, -0.05) is 51.1 Å². The number of sulfonamides is 1. The molecule has 9 nitrogen and oxygen atoms in total. The summed E-state index contributed by atoms with van der Waals surface area (Å²) in [6, 6.07) is 16.6. The van der Waals surface area contributed by atoms with Crippen LogP contribution in [-0.2, 0) is 26.2 Å². The molecule has 10 heteroatoms. The number of rotatable bonds is 14. The highest BCUT2D eigenvalue weighted by Gasteiger charge is 2.34. The van der Waals surface area contributed by atoms with Crippen LogP contribution >= 0.6 is 0 Å². The molecule has 0 spiro atoms. The number of amides is 2. The first-order valence-corrected chi connectivity index (χ1v) is 16.2. The molecule has 3 aromatic rings. The number of ether oxygens (including phenoxy) is 2. The van der Waals surface area contributed by atoms with E-state index in [9.17, 15) is 18.0 Å². The van der Waals surface area contributed by atoms with Crippen LogP contribution in [0.5, 0.6) is 11.5 Å². The number of aryl methyl sites for hydroxylation is 3. The van der Waals surface area contributed by atoms with Crippen LogP contribution in [0.4, 0.5) is 5.69 Å². The summed E-state index contributed by atoms with van der Waals surface area (Å²) in [6.45, 7) is 11.6. The summed E-state index contributed by atoms with van der Waals surface area (Å²) in [5.74, 6) is 0.0768. The van der Waals surface area contributed by atoms with Gasteiger partial charge in [0.15, 0.2) is 11.5 Å². The summed E-state index contributed by atoms with van der Waals surface area (Å²) in [7, 11) is -1.38. The third kappa shape index (κ3) is 8.31. The minimum Gasteiger partial charge on any atom is -0.493 e. The van der Waals surface area contributed by atoms with Gasteiger partial charge in [-0.2, -0.15) is 0 Å². The SMILES string of the molecule is CC[C@H](C(=O)NCC(C)C)N(Cc1ccccc1C)C(=O)CN(c1cc(C)cc(C)c1)S(=O)(=O)c1ccc(OC)c(OC)c1. The Hall–Kier alpha value is -4.05. The van der Waals surface area contributed by atoms with Crippen molar-refractivity contribution in [3.05, 3.63) is 82.9 Å². The van der Waals surface area contributed by atoms with Gasteiger partial charge >= 0.3 is 0 Å². The summed E-state index contributed by atoms with van der Waals surface area (Å²) in [4.78, 5) is 29.2. The third-order valence-corrected chi connectivity index (χ3v) is 9.16. The summed E-state index contributed by atoms with van der Waals surface area (Å²) in [5.41, 5.74) is 3.87. The number of benzene rings is 3. The lowest BCUT2D eigenvalue weighted by molar-refractivity contribution is -0.140. The quantitative estimate of drug-likeness (QED) is 0.258. The van der Waals surface area contributed by atoms with Crippen LogP contribution in [0, 0.1) is 26.7 Å². The van der Waals surface area contributed by atoms with E-state index < -0.39 is 28.5 Å². The van der Waals surface area contributed by atoms with Gasteiger partial charge in [-0.05, 0) is 79.6 Å². The van der Waals surface area contributed by atoms with E-state index in [-0.39, 0.29) is 29.0 Å². The van der Waals surface area contributed by atoms with E-state index in [1.807, 2.05) is 71.9 Å². The molecule has 0 fully saturated rings. The molecule has 0 saturated heterocycles. The number of nitrogens with one attached hydrogen (secondary N) is 1. The van der Waals surface area contributed by atoms with E-state index in [4.69, 9.17) is 9.47 Å². The number of hydrogen-bond donors (Lipinski definition) is 1. The summed E-state index contributed by atoms with van der Waals surface area (Å²) >= 11 is 0. The summed E-state index contributed by atoms with van der Waals surface area (Å²) < 4.78 is 40.4. The maximum Gasteiger partial charge on any atom is 0.264 e. The highest BCUT2D eigenvalue weighted by molar-refractivity contribution is 7.92. The maximum atomic E-state index is 14.4. The molecule has 0 unspecified atom stereocenters. The Morgan fingerprint density at radius 3 is 2.09 bits per heavy atom. The number of carbonyl (C=O) groups excluding carboxylic acids is 2. The Morgan fingerprint density at radius 1 is 0.886 bits per heavy atom. The zero-order valence-electron chi connectivity index (χ0n) is 27.0. The highest BCUT2D eigenvalue weighted by Crippen LogP contribution is 2.33. The number of methoxy groups -OCH3 is 2. The van der Waals surface area contributed by atoms with E-state index in [2.05, 4.69) is 5.32 Å². The average Bonchev–Trinajstić information content (AvgIpc) is 2.98. The van der Waals surface area contributed by atoms with Crippen LogP contribution in [0.2, 0.25) is 0 Å². The Bertz CT molecular complexity index is 1550. The van der Waals surface area contributed by atoms with Crippen molar-refractivity contribution >= 4 is 27.5 Å². The van der Waals surface area contributed by atoms with Crippen molar-refractivity contribution in [2.75, 3.05) is 31.6 Å². The zero-order chi connectivity index (χ0) is 32.6. The molecule has 0 aliphatic rings. The Morgan fingerprint density at radius 2 is 1.52 bits per heavy atom. The van der Waals surface area contributed by atoms with Crippen molar-refractivity contribution in [2.24, 2.45) is 5.92 Å². The molecule has 0 aromatic heterocycles. The fraction of sp³-hybridized carbons (Fsp3) is 0.412. The highest BCUT2D eigenvalue weighted by atomic mass is 32.2. The average molecular weight is 624 g/mol. The molecule has 0 radical (unpaired) electrons. The molecule has 0 bridgehead atoms. The zero-order valence-corrected chi connectivity index (χ0v) is 27.8. The van der Waals surface area contributed by atoms with Crippen molar-refractivity contribution in [1.82, 2.24) is 10.2 Å². The Balaban J connectivity index is 2.14. The number of hydrogen-bond acceptors (Lipinski definition) is 6. The van der Waals surface area contributed by atoms with Gasteiger partial charge in [0.05, 0.1) is 24.8 Å². The maximum absolute atomic E-state index is 14.4. The first-order chi connectivity index (χ1) is 20.8. The van der Waals surface area contributed by atoms with Gasteiger partial charge in [0.25, 0.3) is 10.0 Å². The van der Waals surface area contributed by atoms with Crippen LogP contribution in [-0.4, -0.2) is 58.5 Å². The fourth-order valence-corrected chi connectivity index (χ4v) is 6.45. The normalized spacial score (nSPS) is 12.0. The monoisotopic (exact) mass is 623 g/mol. The second-order valence-electron chi connectivity index (χ2n) is 11.4. The van der Waals surface area contributed by atoms with E-state index in [1.165, 1.54) is 37.3 Å². The number of nitrogens with zero attached hydrogens (tertiary/aromatic N) is 2. The lowest BCUT2D eigenvalue weighted by atomic mass is 10.1. The smallest absolute Gasteiger partial charge is 0.264 e. The standard InChI is InChI=1S/C34H45N3O6S/c1-9-30(34(39)35-20-23(2)3)36(21-27-13-11-10-12-26(27)6)33(38)22-37(28-17-24(4)16-25(5)18-28)44(40,41)29-14-15-31(42-7)32(19-29)43-8/h10-19,23,30H,9,20-22H2,1-8H3,(H,35,39)/t30-/m1/s1. The largest absolute Gasteiger partial charge is 0.493 e. The van der Waals surface area contributed by atoms with Gasteiger partial charge in [-0.3, -0.25) is 13.9 Å². The van der Waals surface area contributed by atoms with E-state index >= 15 is 0 Å². The number of anilines is 1. The first-order valence-electron chi connectivity index (χ1n) is 14.8. The topological polar surface area (TPSA) is 105 Å². The molecule has 3 aromatic carbocycles. The minimum atomic E-state index is -4.28. The van der Waals surface area contributed by atoms with Crippen LogP contribution in [0.15, 0.2) is 65.6 Å². The lowest BCUT2D eigenvalue weighted by Gasteiger charge is -2.34. The second-order valence-corrected chi connectivity index (χ2v) is 13.2. The predicted molar refractivity (Wildman–Crippen MR) is 174 cm³/mol. The molecule has 2 amide bonds. The molecule has 0 heterocycles. The van der Waals surface area contributed by atoms with Gasteiger partial charge in [0.2, 0.25) is 11.8 Å². The van der Waals surface area contributed by atoms with Crippen molar-refractivity contribution < 1.29 is 27.5 Å². The van der Waals surface area contributed by atoms with Gasteiger partial charge in [0, 0.05) is 19.2 Å². The molecule has 0 aliphatic heterocycles. The van der Waals surface area contributed by atoms with Crippen LogP contribution in [0.1, 0.15) is 49.4 Å². The predicted octanol–water partition coefficient (Wildman–Crippen LogP) is 5.40. The summed E-state index contributed by atoms with van der Waals surface area (Å²) in [6.07, 6.45) is 0.355. The van der Waals surface area contributed by atoms with Crippen LogP contribution in [0.25, 0.3) is 0 Å². The number of carbonyl (C=O) groups is 2. The van der Waals surface area contributed by atoms with Gasteiger partial charge in [-0.15, -0.1) is 0 Å². The molecular formula is C34H45N3O6S. The van der Waals surface area contributed by atoms with Gasteiger partial charge in [-0.25, -0.2) is 8.42 Å². The van der Waals surface area contributed by atoms with E-state index in [1.54, 1.807) is 12.1 Å². The molecule has 1 atom stereocenters.